The third-order valence-electron chi connectivity index (χ3n) is 2.88. The quantitative estimate of drug-likeness (QED) is 0.799. The van der Waals surface area contributed by atoms with Crippen molar-refractivity contribution in [1.82, 2.24) is 14.5 Å². The van der Waals surface area contributed by atoms with E-state index in [1.807, 2.05) is 20.9 Å². The molecule has 0 amide bonds. The highest BCUT2D eigenvalue weighted by Gasteiger charge is 2.18. The van der Waals surface area contributed by atoms with Crippen LogP contribution >= 0.6 is 0 Å². The van der Waals surface area contributed by atoms with Crippen LogP contribution < -0.4 is 0 Å². The first-order chi connectivity index (χ1) is 7.91. The molecule has 0 spiro atoms. The van der Waals surface area contributed by atoms with Gasteiger partial charge in [0.15, 0.2) is 5.82 Å². The normalized spacial score (nSPS) is 12.0. The molecular weight excluding hydrogens is 217 g/mol. The summed E-state index contributed by atoms with van der Waals surface area (Å²) in [6, 6.07) is 0. The summed E-state index contributed by atoms with van der Waals surface area (Å²) >= 11 is 0. The smallest absolute Gasteiger partial charge is 0.167 e. The number of fused-ring (bicyclic) bond motifs is 1. The van der Waals surface area contributed by atoms with E-state index in [4.69, 9.17) is 0 Å². The van der Waals surface area contributed by atoms with Crippen LogP contribution in [0.3, 0.4) is 0 Å². The van der Waals surface area contributed by atoms with Gasteiger partial charge in [0.2, 0.25) is 0 Å². The molecule has 0 N–H and O–H groups in total. The molecule has 2 aromatic rings. The van der Waals surface area contributed by atoms with Gasteiger partial charge in [-0.05, 0) is 5.92 Å². The predicted molar refractivity (Wildman–Crippen MR) is 66.6 cm³/mol. The van der Waals surface area contributed by atoms with Crippen molar-refractivity contribution >= 4 is 11.0 Å². The van der Waals surface area contributed by atoms with Gasteiger partial charge in [0.1, 0.15) is 11.3 Å². The lowest BCUT2D eigenvalue weighted by Gasteiger charge is -2.12. The lowest BCUT2D eigenvalue weighted by molar-refractivity contribution is 0.629. The third kappa shape index (κ3) is 1.92. The van der Waals surface area contributed by atoms with Crippen LogP contribution in [-0.4, -0.2) is 14.5 Å². The van der Waals surface area contributed by atoms with Crippen molar-refractivity contribution in [1.29, 1.82) is 0 Å². The van der Waals surface area contributed by atoms with Gasteiger partial charge in [-0.2, -0.15) is 0 Å². The molecule has 0 saturated carbocycles. The summed E-state index contributed by atoms with van der Waals surface area (Å²) in [5, 5.41) is 0. The second kappa shape index (κ2) is 4.09. The van der Waals surface area contributed by atoms with Gasteiger partial charge in [0.05, 0.1) is 11.2 Å². The summed E-state index contributed by atoms with van der Waals surface area (Å²) in [5.74, 6) is 0.905. The van der Waals surface area contributed by atoms with Crippen LogP contribution in [0.4, 0.5) is 4.39 Å². The van der Waals surface area contributed by atoms with Gasteiger partial charge in [-0.15, -0.1) is 0 Å². The van der Waals surface area contributed by atoms with Crippen molar-refractivity contribution in [3.63, 3.8) is 0 Å². The van der Waals surface area contributed by atoms with Gasteiger partial charge < -0.3 is 4.57 Å². The van der Waals surface area contributed by atoms with E-state index in [-0.39, 0.29) is 17.7 Å². The Kier molecular flexibility index (Phi) is 2.89. The second-order valence-corrected chi connectivity index (χ2v) is 5.06. The summed E-state index contributed by atoms with van der Waals surface area (Å²) in [5.41, 5.74) is 2.17. The molecule has 17 heavy (non-hydrogen) atoms. The first kappa shape index (κ1) is 12.0. The number of rotatable bonds is 2. The Morgan fingerprint density at radius 3 is 2.29 bits per heavy atom. The average molecular weight is 235 g/mol. The van der Waals surface area contributed by atoms with Crippen LogP contribution in [0.5, 0.6) is 0 Å². The van der Waals surface area contributed by atoms with E-state index >= 15 is 0 Å². The van der Waals surface area contributed by atoms with Gasteiger partial charge in [-0.3, -0.25) is 0 Å². The Labute approximate surface area is 101 Å². The molecule has 2 heterocycles. The molecule has 2 rings (SSSR count). The lowest BCUT2D eigenvalue weighted by atomic mass is 10.1. The van der Waals surface area contributed by atoms with Crippen molar-refractivity contribution in [2.45, 2.75) is 39.5 Å². The Morgan fingerprint density at radius 1 is 1.12 bits per heavy atom. The summed E-state index contributed by atoms with van der Waals surface area (Å²) in [6.07, 6.45) is 1.47. The number of nitrogens with zero attached hydrogens (tertiary/aromatic N) is 3. The summed E-state index contributed by atoms with van der Waals surface area (Å²) < 4.78 is 15.6. The molecule has 3 nitrogen and oxygen atoms in total. The molecule has 0 atom stereocenters. The summed E-state index contributed by atoms with van der Waals surface area (Å²) in [7, 11) is 1.83. The van der Waals surface area contributed by atoms with Crippen molar-refractivity contribution in [3.05, 3.63) is 23.5 Å². The van der Waals surface area contributed by atoms with Crippen molar-refractivity contribution in [2.24, 2.45) is 7.05 Å². The molecule has 0 bridgehead atoms. The zero-order chi connectivity index (χ0) is 12.7. The molecule has 92 valence electrons. The number of aryl methyl sites for hydroxylation is 1. The third-order valence-corrected chi connectivity index (χ3v) is 2.88. The largest absolute Gasteiger partial charge is 0.345 e. The first-order valence-electron chi connectivity index (χ1n) is 5.94. The van der Waals surface area contributed by atoms with Crippen LogP contribution in [0.25, 0.3) is 11.0 Å². The van der Waals surface area contributed by atoms with E-state index in [9.17, 15) is 4.39 Å². The van der Waals surface area contributed by atoms with Crippen molar-refractivity contribution in [3.8, 4) is 0 Å². The highest BCUT2D eigenvalue weighted by molar-refractivity contribution is 5.79. The van der Waals surface area contributed by atoms with E-state index in [1.165, 1.54) is 6.20 Å². The molecule has 4 heteroatoms. The minimum absolute atomic E-state index is 0.205. The van der Waals surface area contributed by atoms with Crippen LogP contribution in [0.15, 0.2) is 6.20 Å². The Morgan fingerprint density at radius 2 is 1.76 bits per heavy atom. The number of aromatic nitrogens is 3. The zero-order valence-corrected chi connectivity index (χ0v) is 11.0. The Bertz CT molecular complexity index is 555. The molecule has 0 aliphatic heterocycles. The predicted octanol–water partition coefficient (Wildman–Crippen LogP) is 3.35. The van der Waals surface area contributed by atoms with E-state index in [1.54, 1.807) is 4.57 Å². The van der Waals surface area contributed by atoms with Crippen molar-refractivity contribution < 1.29 is 4.39 Å². The fourth-order valence-electron chi connectivity index (χ4n) is 1.96. The molecular formula is C13H18FN3. The molecule has 0 saturated heterocycles. The van der Waals surface area contributed by atoms with E-state index < -0.39 is 0 Å². The van der Waals surface area contributed by atoms with Crippen LogP contribution in [-0.2, 0) is 7.05 Å². The summed E-state index contributed by atoms with van der Waals surface area (Å²) in [4.78, 5) is 8.91. The van der Waals surface area contributed by atoms with Crippen LogP contribution in [0.2, 0.25) is 0 Å². The van der Waals surface area contributed by atoms with Gasteiger partial charge in [0, 0.05) is 19.2 Å². The standard InChI is InChI=1S/C13H18FN3/c1-7(2)10-12-11(9(14)6-17(12)5)16-13(15-10)8(3)4/h6-8H,1-5H3. The molecule has 0 fully saturated rings. The molecule has 0 aliphatic rings. The lowest BCUT2D eigenvalue weighted by Crippen LogP contribution is -2.05. The Balaban J connectivity index is 2.83. The van der Waals surface area contributed by atoms with Crippen molar-refractivity contribution in [2.75, 3.05) is 0 Å². The summed E-state index contributed by atoms with van der Waals surface area (Å²) in [6.45, 7) is 8.17. The molecule has 0 aliphatic carbocycles. The number of halogens is 1. The molecule has 0 aromatic carbocycles. The Hall–Kier alpha value is -1.45. The second-order valence-electron chi connectivity index (χ2n) is 5.06. The SMILES string of the molecule is CC(C)c1nc(C(C)C)c2c(n1)c(F)cn2C. The average Bonchev–Trinajstić information content (AvgIpc) is 2.53. The topological polar surface area (TPSA) is 30.7 Å². The number of hydrogen-bond donors (Lipinski definition) is 0. The van der Waals surface area contributed by atoms with E-state index in [0.717, 1.165) is 11.2 Å². The fraction of sp³-hybridized carbons (Fsp3) is 0.538. The molecule has 0 unspecified atom stereocenters. The monoisotopic (exact) mass is 235 g/mol. The van der Waals surface area contributed by atoms with Crippen LogP contribution in [0, 0.1) is 5.82 Å². The maximum absolute atomic E-state index is 13.8. The maximum Gasteiger partial charge on any atom is 0.167 e. The van der Waals surface area contributed by atoms with Gasteiger partial charge in [0.25, 0.3) is 0 Å². The number of hydrogen-bond acceptors (Lipinski definition) is 2. The van der Waals surface area contributed by atoms with Gasteiger partial charge >= 0.3 is 0 Å². The molecule has 2 aromatic heterocycles. The highest BCUT2D eigenvalue weighted by Crippen LogP contribution is 2.27. The van der Waals surface area contributed by atoms with Crippen LogP contribution in [0.1, 0.15) is 51.0 Å². The minimum Gasteiger partial charge on any atom is -0.345 e. The van der Waals surface area contributed by atoms with E-state index in [2.05, 4.69) is 23.8 Å². The maximum atomic E-state index is 13.8. The molecule has 0 radical (unpaired) electrons. The highest BCUT2D eigenvalue weighted by atomic mass is 19.1. The minimum atomic E-state index is -0.270. The van der Waals surface area contributed by atoms with E-state index in [0.29, 0.717) is 11.3 Å². The van der Waals surface area contributed by atoms with Gasteiger partial charge in [-0.25, -0.2) is 14.4 Å². The van der Waals surface area contributed by atoms with Gasteiger partial charge in [-0.1, -0.05) is 27.7 Å². The first-order valence-corrected chi connectivity index (χ1v) is 5.94. The fourth-order valence-corrected chi connectivity index (χ4v) is 1.96. The zero-order valence-electron chi connectivity index (χ0n) is 11.0.